The van der Waals surface area contributed by atoms with Crippen molar-refractivity contribution in [3.63, 3.8) is 0 Å². The Labute approximate surface area is 104 Å². The molecule has 0 atom stereocenters. The number of benzene rings is 1. The fourth-order valence-corrected chi connectivity index (χ4v) is 2.01. The summed E-state index contributed by atoms with van der Waals surface area (Å²) in [5.41, 5.74) is 0.219. The van der Waals surface area contributed by atoms with E-state index in [1.807, 2.05) is 16.7 Å². The van der Waals surface area contributed by atoms with Gasteiger partial charge in [0.25, 0.3) is 0 Å². The Morgan fingerprint density at radius 1 is 1.33 bits per heavy atom. The smallest absolute Gasteiger partial charge is 0.341 e. The second-order valence-electron chi connectivity index (χ2n) is 4.24. The Morgan fingerprint density at radius 3 is 2.72 bits per heavy atom. The van der Waals surface area contributed by atoms with Crippen LogP contribution in [-0.4, -0.2) is 15.6 Å². The highest BCUT2D eigenvalue weighted by Gasteiger charge is 2.13. The number of pyridine rings is 1. The molecule has 1 heterocycles. The predicted molar refractivity (Wildman–Crippen MR) is 70.1 cm³/mol. The summed E-state index contributed by atoms with van der Waals surface area (Å²) in [6.07, 6.45) is 3.41. The molecule has 4 heteroatoms. The topological polar surface area (TPSA) is 59.3 Å². The van der Waals surface area contributed by atoms with Gasteiger partial charge < -0.3 is 9.67 Å². The fourth-order valence-electron chi connectivity index (χ4n) is 2.01. The number of aromatic nitrogens is 1. The van der Waals surface area contributed by atoms with Crippen molar-refractivity contribution >= 4 is 16.9 Å². The largest absolute Gasteiger partial charge is 0.477 e. The van der Waals surface area contributed by atoms with Gasteiger partial charge in [-0.15, -0.1) is 0 Å². The van der Waals surface area contributed by atoms with E-state index in [1.54, 1.807) is 12.1 Å². The molecule has 0 aliphatic heterocycles. The van der Waals surface area contributed by atoms with Crippen molar-refractivity contribution in [2.75, 3.05) is 0 Å². The van der Waals surface area contributed by atoms with Crippen LogP contribution in [0.3, 0.4) is 0 Å². The van der Waals surface area contributed by atoms with E-state index >= 15 is 0 Å². The summed E-state index contributed by atoms with van der Waals surface area (Å²) >= 11 is 0. The molecule has 0 bridgehead atoms. The maximum absolute atomic E-state index is 12.0. The van der Waals surface area contributed by atoms with Crippen LogP contribution < -0.4 is 5.43 Å². The quantitative estimate of drug-likeness (QED) is 0.900. The van der Waals surface area contributed by atoms with Gasteiger partial charge in [0.1, 0.15) is 5.56 Å². The summed E-state index contributed by atoms with van der Waals surface area (Å²) in [7, 11) is 0. The second-order valence-corrected chi connectivity index (χ2v) is 4.24. The molecule has 0 amide bonds. The minimum atomic E-state index is -1.17. The van der Waals surface area contributed by atoms with Gasteiger partial charge in [-0.2, -0.15) is 0 Å². The zero-order valence-electron chi connectivity index (χ0n) is 10.2. The lowest BCUT2D eigenvalue weighted by atomic mass is 10.1. The summed E-state index contributed by atoms with van der Waals surface area (Å²) < 4.78 is 1.85. The van der Waals surface area contributed by atoms with Crippen LogP contribution in [-0.2, 0) is 6.54 Å². The van der Waals surface area contributed by atoms with Gasteiger partial charge in [-0.3, -0.25) is 4.79 Å². The molecular weight excluding hydrogens is 230 g/mol. The van der Waals surface area contributed by atoms with E-state index in [0.29, 0.717) is 5.39 Å². The average Bonchev–Trinajstić information content (AvgIpc) is 2.38. The molecule has 4 nitrogen and oxygen atoms in total. The molecule has 1 aromatic carbocycles. The average molecular weight is 245 g/mol. The fraction of sp³-hybridized carbons (Fsp3) is 0.286. The molecule has 0 fully saturated rings. The molecule has 1 N–H and O–H groups in total. The zero-order valence-corrected chi connectivity index (χ0v) is 10.2. The van der Waals surface area contributed by atoms with Gasteiger partial charge in [-0.1, -0.05) is 25.5 Å². The highest BCUT2D eigenvalue weighted by atomic mass is 16.4. The van der Waals surface area contributed by atoms with Crippen LogP contribution in [0.4, 0.5) is 0 Å². The van der Waals surface area contributed by atoms with Crippen LogP contribution in [0, 0.1) is 0 Å². The Balaban J connectivity index is 2.72. The van der Waals surface area contributed by atoms with Gasteiger partial charge >= 0.3 is 5.97 Å². The SMILES string of the molecule is CCCCn1cc(C(=O)O)c(=O)c2ccccc21. The van der Waals surface area contributed by atoms with Crippen LogP contribution in [0.5, 0.6) is 0 Å². The molecule has 1 aromatic heterocycles. The first-order valence-corrected chi connectivity index (χ1v) is 6.00. The number of unbranched alkanes of at least 4 members (excludes halogenated alkanes) is 1. The van der Waals surface area contributed by atoms with Crippen molar-refractivity contribution in [1.29, 1.82) is 0 Å². The van der Waals surface area contributed by atoms with E-state index < -0.39 is 11.4 Å². The van der Waals surface area contributed by atoms with Crippen LogP contribution in [0.25, 0.3) is 10.9 Å². The van der Waals surface area contributed by atoms with E-state index in [9.17, 15) is 9.59 Å². The number of nitrogens with zero attached hydrogens (tertiary/aromatic N) is 1. The van der Waals surface area contributed by atoms with Crippen molar-refractivity contribution in [1.82, 2.24) is 4.57 Å². The summed E-state index contributed by atoms with van der Waals surface area (Å²) in [6.45, 7) is 2.79. The standard InChI is InChI=1S/C14H15NO3/c1-2-3-8-15-9-11(14(17)18)13(16)10-6-4-5-7-12(10)15/h4-7,9H,2-3,8H2,1H3,(H,17,18). The zero-order chi connectivity index (χ0) is 13.1. The third-order valence-electron chi connectivity index (χ3n) is 2.97. The lowest BCUT2D eigenvalue weighted by Gasteiger charge is -2.11. The van der Waals surface area contributed by atoms with Crippen molar-refractivity contribution in [2.45, 2.75) is 26.3 Å². The van der Waals surface area contributed by atoms with Gasteiger partial charge in [0.15, 0.2) is 0 Å². The second kappa shape index (κ2) is 5.04. The van der Waals surface area contributed by atoms with Gasteiger partial charge in [-0.05, 0) is 18.6 Å². The number of fused-ring (bicyclic) bond motifs is 1. The highest BCUT2D eigenvalue weighted by molar-refractivity contribution is 5.92. The molecule has 0 unspecified atom stereocenters. The Morgan fingerprint density at radius 2 is 2.06 bits per heavy atom. The molecule has 0 aliphatic carbocycles. The first kappa shape index (κ1) is 12.4. The minimum absolute atomic E-state index is 0.162. The Bertz CT molecular complexity index is 643. The van der Waals surface area contributed by atoms with Crippen LogP contribution in [0.15, 0.2) is 35.3 Å². The van der Waals surface area contributed by atoms with Crippen LogP contribution in [0.1, 0.15) is 30.1 Å². The summed E-state index contributed by atoms with van der Waals surface area (Å²) in [6, 6.07) is 7.12. The monoisotopic (exact) mass is 245 g/mol. The number of aryl methyl sites for hydroxylation is 1. The van der Waals surface area contributed by atoms with Crippen LogP contribution >= 0.6 is 0 Å². The van der Waals surface area contributed by atoms with Crippen molar-refractivity contribution in [3.05, 3.63) is 46.2 Å². The van der Waals surface area contributed by atoms with E-state index in [4.69, 9.17) is 5.11 Å². The Hall–Kier alpha value is -2.10. The number of hydrogen-bond acceptors (Lipinski definition) is 2. The molecule has 0 radical (unpaired) electrons. The number of aromatic carboxylic acids is 1. The molecular formula is C14H15NO3. The maximum atomic E-state index is 12.0. The molecule has 0 saturated heterocycles. The normalized spacial score (nSPS) is 10.7. The van der Waals surface area contributed by atoms with Gasteiger partial charge in [-0.25, -0.2) is 4.79 Å². The van der Waals surface area contributed by atoms with Crippen molar-refractivity contribution < 1.29 is 9.90 Å². The molecule has 18 heavy (non-hydrogen) atoms. The summed E-state index contributed by atoms with van der Waals surface area (Å²) in [4.78, 5) is 23.1. The minimum Gasteiger partial charge on any atom is -0.477 e. The number of carbonyl (C=O) groups is 1. The first-order valence-electron chi connectivity index (χ1n) is 6.00. The molecule has 2 aromatic rings. The number of hydrogen-bond donors (Lipinski definition) is 1. The number of carboxylic acids is 1. The summed E-state index contributed by atoms with van der Waals surface area (Å²) in [5, 5.41) is 9.53. The molecule has 0 spiro atoms. The van der Waals surface area contributed by atoms with Crippen LogP contribution in [0.2, 0.25) is 0 Å². The van der Waals surface area contributed by atoms with Crippen molar-refractivity contribution in [3.8, 4) is 0 Å². The number of carboxylic acid groups (broad SMARTS) is 1. The summed E-state index contributed by atoms with van der Waals surface area (Å²) in [5.74, 6) is -1.17. The van der Waals surface area contributed by atoms with Gasteiger partial charge in [0.2, 0.25) is 5.43 Å². The van der Waals surface area contributed by atoms with E-state index in [2.05, 4.69) is 6.92 Å². The van der Waals surface area contributed by atoms with E-state index in [1.165, 1.54) is 6.20 Å². The van der Waals surface area contributed by atoms with E-state index in [-0.39, 0.29) is 5.56 Å². The van der Waals surface area contributed by atoms with E-state index in [0.717, 1.165) is 24.9 Å². The molecule has 2 rings (SSSR count). The predicted octanol–water partition coefficient (Wildman–Crippen LogP) is 2.50. The number of rotatable bonds is 4. The third-order valence-corrected chi connectivity index (χ3v) is 2.97. The Kier molecular flexibility index (Phi) is 3.46. The first-order chi connectivity index (χ1) is 8.65. The highest BCUT2D eigenvalue weighted by Crippen LogP contribution is 2.12. The lowest BCUT2D eigenvalue weighted by molar-refractivity contribution is 0.0695. The molecule has 94 valence electrons. The third kappa shape index (κ3) is 2.14. The van der Waals surface area contributed by atoms with Gasteiger partial charge in [0.05, 0.1) is 5.52 Å². The number of para-hydroxylation sites is 1. The molecule has 0 saturated carbocycles. The van der Waals surface area contributed by atoms with Crippen molar-refractivity contribution in [2.24, 2.45) is 0 Å². The molecule has 0 aliphatic rings. The van der Waals surface area contributed by atoms with Gasteiger partial charge in [0, 0.05) is 18.1 Å². The lowest BCUT2D eigenvalue weighted by Crippen LogP contribution is -2.18. The maximum Gasteiger partial charge on any atom is 0.341 e.